The number of rotatable bonds is 6. The Balaban J connectivity index is 1.61. The number of nitrogens with zero attached hydrogens (tertiary/aromatic N) is 1. The van der Waals surface area contributed by atoms with Gasteiger partial charge in [-0.25, -0.2) is 0 Å². The number of aromatic hydroxyl groups is 2. The van der Waals surface area contributed by atoms with Crippen LogP contribution in [-0.2, 0) is 22.6 Å². The average molecular weight is 418 g/mol. The van der Waals surface area contributed by atoms with Gasteiger partial charge in [0.15, 0.2) is 0 Å². The van der Waals surface area contributed by atoms with Crippen LogP contribution in [-0.4, -0.2) is 45.6 Å². The number of halogens is 1. The second-order valence-electron chi connectivity index (χ2n) is 7.14. The summed E-state index contributed by atoms with van der Waals surface area (Å²) in [5.74, 6) is -0.884. The predicted molar refractivity (Wildman–Crippen MR) is 109 cm³/mol. The molecule has 0 unspecified atom stereocenters. The van der Waals surface area contributed by atoms with E-state index in [0.29, 0.717) is 24.9 Å². The molecule has 5 N–H and O–H groups in total. The van der Waals surface area contributed by atoms with Gasteiger partial charge in [0.25, 0.3) is 0 Å². The Bertz CT molecular complexity index is 891. The van der Waals surface area contributed by atoms with Gasteiger partial charge in [0.05, 0.1) is 11.1 Å². The largest absolute Gasteiger partial charge is 0.508 e. The maximum atomic E-state index is 12.8. The third-order valence-electron chi connectivity index (χ3n) is 5.06. The van der Waals surface area contributed by atoms with Gasteiger partial charge in [-0.05, 0) is 30.9 Å². The molecule has 2 atom stereocenters. The van der Waals surface area contributed by atoms with Gasteiger partial charge in [0.1, 0.15) is 17.5 Å². The molecule has 8 heteroatoms. The molecule has 0 spiro atoms. The Morgan fingerprint density at radius 2 is 1.93 bits per heavy atom. The molecule has 2 aromatic rings. The molecule has 0 aliphatic carbocycles. The van der Waals surface area contributed by atoms with Crippen LogP contribution in [0.15, 0.2) is 42.5 Å². The van der Waals surface area contributed by atoms with Crippen molar-refractivity contribution in [2.24, 2.45) is 5.73 Å². The highest BCUT2D eigenvalue weighted by molar-refractivity contribution is 6.32. The highest BCUT2D eigenvalue weighted by Crippen LogP contribution is 2.31. The van der Waals surface area contributed by atoms with E-state index in [0.717, 1.165) is 12.0 Å². The second kappa shape index (κ2) is 9.15. The van der Waals surface area contributed by atoms with Crippen LogP contribution in [0.2, 0.25) is 5.02 Å². The molecule has 0 radical (unpaired) electrons. The third kappa shape index (κ3) is 4.99. The summed E-state index contributed by atoms with van der Waals surface area (Å²) in [6.45, 7) is 0.483. The smallest absolute Gasteiger partial charge is 0.243 e. The molecule has 154 valence electrons. The third-order valence-corrected chi connectivity index (χ3v) is 5.36. The minimum atomic E-state index is -0.719. The average Bonchev–Trinajstić information content (AvgIpc) is 3.19. The van der Waals surface area contributed by atoms with E-state index in [-0.39, 0.29) is 34.9 Å². The van der Waals surface area contributed by atoms with Crippen LogP contribution in [0.5, 0.6) is 11.5 Å². The van der Waals surface area contributed by atoms with Gasteiger partial charge in [0, 0.05) is 24.7 Å². The number of likely N-dealkylation sites (tertiary alicyclic amines) is 1. The Morgan fingerprint density at radius 1 is 1.21 bits per heavy atom. The van der Waals surface area contributed by atoms with E-state index in [1.807, 2.05) is 30.3 Å². The summed E-state index contributed by atoms with van der Waals surface area (Å²) in [5.41, 5.74) is 7.41. The first-order valence-electron chi connectivity index (χ1n) is 9.45. The Labute approximate surface area is 174 Å². The number of phenolic OH excluding ortho intramolecular Hbond substituents is 2. The Morgan fingerprint density at radius 3 is 2.66 bits per heavy atom. The molecule has 2 aromatic carbocycles. The van der Waals surface area contributed by atoms with Crippen molar-refractivity contribution in [3.63, 3.8) is 0 Å². The first-order chi connectivity index (χ1) is 13.9. The molecule has 1 heterocycles. The molecule has 0 saturated carbocycles. The number of hydrogen-bond donors (Lipinski definition) is 4. The quantitative estimate of drug-likeness (QED) is 0.536. The zero-order valence-electron chi connectivity index (χ0n) is 15.8. The molecule has 1 fully saturated rings. The van der Waals surface area contributed by atoms with Gasteiger partial charge in [-0.2, -0.15) is 0 Å². The zero-order chi connectivity index (χ0) is 21.0. The van der Waals surface area contributed by atoms with Crippen LogP contribution in [0.1, 0.15) is 24.0 Å². The first-order valence-corrected chi connectivity index (χ1v) is 9.82. The van der Waals surface area contributed by atoms with Crippen LogP contribution >= 0.6 is 11.6 Å². The Kier molecular flexibility index (Phi) is 6.61. The zero-order valence-corrected chi connectivity index (χ0v) is 16.6. The van der Waals surface area contributed by atoms with E-state index in [4.69, 9.17) is 17.3 Å². The highest BCUT2D eigenvalue weighted by atomic mass is 35.5. The normalized spacial score (nSPS) is 17.2. The topological polar surface area (TPSA) is 116 Å². The van der Waals surface area contributed by atoms with Crippen molar-refractivity contribution in [2.45, 2.75) is 37.9 Å². The Hall–Kier alpha value is -2.77. The number of nitrogens with one attached hydrogen (secondary N) is 1. The molecular formula is C21H24ClN3O4. The van der Waals surface area contributed by atoms with Crippen LogP contribution in [0.25, 0.3) is 0 Å². The lowest BCUT2D eigenvalue weighted by Crippen LogP contribution is -2.51. The van der Waals surface area contributed by atoms with Gasteiger partial charge in [0.2, 0.25) is 11.8 Å². The van der Waals surface area contributed by atoms with Gasteiger partial charge < -0.3 is 26.2 Å². The monoisotopic (exact) mass is 417 g/mol. The lowest BCUT2D eigenvalue weighted by molar-refractivity contribution is -0.139. The maximum absolute atomic E-state index is 12.8. The fraction of sp³-hybridized carbons (Fsp3) is 0.333. The first kappa shape index (κ1) is 21.0. The fourth-order valence-electron chi connectivity index (χ4n) is 3.51. The lowest BCUT2D eigenvalue weighted by Gasteiger charge is -2.27. The summed E-state index contributed by atoms with van der Waals surface area (Å²) in [7, 11) is 0. The molecule has 0 aromatic heterocycles. The van der Waals surface area contributed by atoms with Crippen molar-refractivity contribution < 1.29 is 19.8 Å². The van der Waals surface area contributed by atoms with E-state index in [1.165, 1.54) is 17.0 Å². The number of hydrogen-bond acceptors (Lipinski definition) is 5. The SMILES string of the molecule is N[C@H](Cc1ccccc1)C(=O)N1CCC[C@H]1C(=O)NCc1cc(O)c(Cl)cc1O. The van der Waals surface area contributed by atoms with E-state index in [9.17, 15) is 19.8 Å². The second-order valence-corrected chi connectivity index (χ2v) is 7.54. The van der Waals surface area contributed by atoms with Crippen molar-refractivity contribution in [1.29, 1.82) is 0 Å². The van der Waals surface area contributed by atoms with Crippen LogP contribution in [0.4, 0.5) is 0 Å². The van der Waals surface area contributed by atoms with Crippen LogP contribution < -0.4 is 11.1 Å². The summed E-state index contributed by atoms with van der Waals surface area (Å²) in [6, 6.07) is 10.7. The minimum absolute atomic E-state index is 0.00396. The van der Waals surface area contributed by atoms with Gasteiger partial charge >= 0.3 is 0 Å². The summed E-state index contributed by atoms with van der Waals surface area (Å²) in [5, 5.41) is 22.3. The number of benzene rings is 2. The number of amides is 2. The molecule has 1 aliphatic heterocycles. The number of nitrogens with two attached hydrogens (primary N) is 1. The summed E-state index contributed by atoms with van der Waals surface area (Å²) < 4.78 is 0. The van der Waals surface area contributed by atoms with Crippen LogP contribution in [0, 0.1) is 0 Å². The van der Waals surface area contributed by atoms with E-state index >= 15 is 0 Å². The lowest BCUT2D eigenvalue weighted by atomic mass is 10.1. The van der Waals surface area contributed by atoms with Crippen molar-refractivity contribution in [3.8, 4) is 11.5 Å². The molecular weight excluding hydrogens is 394 g/mol. The van der Waals surface area contributed by atoms with Crippen molar-refractivity contribution >= 4 is 23.4 Å². The number of carbonyl (C=O) groups is 2. The molecule has 1 aliphatic rings. The summed E-state index contributed by atoms with van der Waals surface area (Å²) in [6.07, 6.45) is 1.67. The van der Waals surface area contributed by atoms with Crippen molar-refractivity contribution in [2.75, 3.05) is 6.54 Å². The minimum Gasteiger partial charge on any atom is -0.508 e. The van der Waals surface area contributed by atoms with Crippen LogP contribution in [0.3, 0.4) is 0 Å². The standard InChI is InChI=1S/C21H24ClN3O4/c22-15-11-18(26)14(10-19(15)27)12-24-20(28)17-7-4-8-25(17)21(29)16(23)9-13-5-2-1-3-6-13/h1-3,5-6,10-11,16-17,26-27H,4,7-9,12,23H2,(H,24,28)/t16-,17+/m1/s1. The molecule has 2 amide bonds. The predicted octanol–water partition coefficient (Wildman–Crippen LogP) is 1.93. The highest BCUT2D eigenvalue weighted by Gasteiger charge is 2.36. The van der Waals surface area contributed by atoms with E-state index in [1.54, 1.807) is 0 Å². The molecule has 1 saturated heterocycles. The van der Waals surface area contributed by atoms with Gasteiger partial charge in [-0.15, -0.1) is 0 Å². The van der Waals surface area contributed by atoms with E-state index in [2.05, 4.69) is 5.32 Å². The van der Waals surface area contributed by atoms with Gasteiger partial charge in [-0.1, -0.05) is 41.9 Å². The van der Waals surface area contributed by atoms with Crippen molar-refractivity contribution in [3.05, 3.63) is 58.6 Å². The summed E-state index contributed by atoms with van der Waals surface area (Å²) in [4.78, 5) is 27.0. The molecule has 7 nitrogen and oxygen atoms in total. The maximum Gasteiger partial charge on any atom is 0.243 e. The number of phenols is 2. The molecule has 0 bridgehead atoms. The fourth-order valence-corrected chi connectivity index (χ4v) is 3.67. The van der Waals surface area contributed by atoms with Gasteiger partial charge in [-0.3, -0.25) is 9.59 Å². The summed E-state index contributed by atoms with van der Waals surface area (Å²) >= 11 is 5.74. The molecule has 29 heavy (non-hydrogen) atoms. The van der Waals surface area contributed by atoms with E-state index < -0.39 is 12.1 Å². The molecule has 3 rings (SSSR count). The van der Waals surface area contributed by atoms with Crippen molar-refractivity contribution in [1.82, 2.24) is 10.2 Å². The number of carbonyl (C=O) groups excluding carboxylic acids is 2.